The first-order valence-electron chi connectivity index (χ1n) is 9.95. The molecule has 172 valence electrons. The van der Waals surface area contributed by atoms with Crippen molar-refractivity contribution in [3.8, 4) is 17.1 Å². The molecule has 4 heterocycles. The normalized spacial score (nSPS) is 15.1. The van der Waals surface area contributed by atoms with Gasteiger partial charge in [0.1, 0.15) is 34.3 Å². The Labute approximate surface area is 184 Å². The zero-order chi connectivity index (χ0) is 23.3. The molecule has 0 spiro atoms. The average molecular weight is 465 g/mol. The third-order valence-electron chi connectivity index (χ3n) is 5.20. The number of hydrogen-bond acceptors (Lipinski definition) is 8. The molecule has 1 aliphatic rings. The molecule has 1 saturated heterocycles. The highest BCUT2D eigenvalue weighted by Gasteiger charge is 2.35. The SMILES string of the molecule is CC(C)(C)S(=O)(=O)c1cn2c(-c3cc(C(=O)O)n(C4COC4)n3)cnc2cc1OCCO. The summed E-state index contributed by atoms with van der Waals surface area (Å²) in [5.74, 6) is -1.04. The minimum Gasteiger partial charge on any atom is -0.490 e. The molecule has 4 rings (SSSR count). The van der Waals surface area contributed by atoms with Crippen molar-refractivity contribution in [3.63, 3.8) is 0 Å². The molecule has 0 aromatic carbocycles. The highest BCUT2D eigenvalue weighted by atomic mass is 32.2. The quantitative estimate of drug-likeness (QED) is 0.530. The fourth-order valence-corrected chi connectivity index (χ4v) is 4.59. The first-order chi connectivity index (χ1) is 15.0. The molecule has 0 unspecified atom stereocenters. The number of carbonyl (C=O) groups is 1. The van der Waals surface area contributed by atoms with Gasteiger partial charge in [0.15, 0.2) is 9.84 Å². The molecule has 0 saturated carbocycles. The molecule has 0 bridgehead atoms. The van der Waals surface area contributed by atoms with Crippen molar-refractivity contribution in [1.29, 1.82) is 0 Å². The van der Waals surface area contributed by atoms with Gasteiger partial charge in [0, 0.05) is 18.3 Å². The van der Waals surface area contributed by atoms with E-state index in [9.17, 15) is 18.3 Å². The first kappa shape index (κ1) is 22.2. The smallest absolute Gasteiger partial charge is 0.354 e. The first-order valence-corrected chi connectivity index (χ1v) is 11.4. The largest absolute Gasteiger partial charge is 0.490 e. The van der Waals surface area contributed by atoms with Gasteiger partial charge >= 0.3 is 5.97 Å². The van der Waals surface area contributed by atoms with Crippen LogP contribution < -0.4 is 4.74 Å². The van der Waals surface area contributed by atoms with Gasteiger partial charge in [0.2, 0.25) is 0 Å². The second-order valence-electron chi connectivity index (χ2n) is 8.42. The molecule has 3 aromatic rings. The maximum absolute atomic E-state index is 13.2. The molecule has 3 aromatic heterocycles. The van der Waals surface area contributed by atoms with Gasteiger partial charge in [-0.1, -0.05) is 0 Å². The number of aliphatic hydroxyl groups excluding tert-OH is 1. The standard InChI is InChI=1S/C20H24N4O7S/c1-20(2,3)32(28,29)17-9-23-15(8-21-18(23)7-16(17)31-5-4-25)13-6-14(19(26)27)24(22-13)12-10-30-11-12/h6-9,12,25H,4-5,10-11H2,1-3H3,(H,26,27). The van der Waals surface area contributed by atoms with Gasteiger partial charge in [-0.3, -0.25) is 4.40 Å². The van der Waals surface area contributed by atoms with Gasteiger partial charge in [-0.05, 0) is 20.8 Å². The summed E-state index contributed by atoms with van der Waals surface area (Å²) in [6.45, 7) is 5.13. The van der Waals surface area contributed by atoms with Crippen LogP contribution in [0.3, 0.4) is 0 Å². The molecule has 1 aliphatic heterocycles. The van der Waals surface area contributed by atoms with Crippen molar-refractivity contribution in [3.05, 3.63) is 30.2 Å². The van der Waals surface area contributed by atoms with Crippen molar-refractivity contribution in [2.75, 3.05) is 26.4 Å². The van der Waals surface area contributed by atoms with Gasteiger partial charge in [0.05, 0.1) is 42.5 Å². The second kappa shape index (κ2) is 7.87. The number of pyridine rings is 1. The van der Waals surface area contributed by atoms with Crippen LogP contribution in [-0.4, -0.2) is 74.9 Å². The third-order valence-corrected chi connectivity index (χ3v) is 7.70. The molecule has 0 amide bonds. The summed E-state index contributed by atoms with van der Waals surface area (Å²) in [6.07, 6.45) is 2.89. The lowest BCUT2D eigenvalue weighted by Crippen LogP contribution is -2.33. The third kappa shape index (κ3) is 3.63. The maximum Gasteiger partial charge on any atom is 0.354 e. The van der Waals surface area contributed by atoms with E-state index in [-0.39, 0.29) is 35.6 Å². The van der Waals surface area contributed by atoms with Crippen LogP contribution in [0, 0.1) is 0 Å². The van der Waals surface area contributed by atoms with Crippen LogP contribution in [0.15, 0.2) is 29.4 Å². The molecule has 1 fully saturated rings. The van der Waals surface area contributed by atoms with E-state index in [0.29, 0.717) is 30.2 Å². The minimum atomic E-state index is -3.82. The summed E-state index contributed by atoms with van der Waals surface area (Å²) in [5.41, 5.74) is 1.17. The van der Waals surface area contributed by atoms with Crippen LogP contribution in [0.25, 0.3) is 17.0 Å². The number of aromatic carboxylic acids is 1. The van der Waals surface area contributed by atoms with E-state index in [2.05, 4.69) is 10.1 Å². The fraction of sp³-hybridized carbons (Fsp3) is 0.450. The fourth-order valence-electron chi connectivity index (χ4n) is 3.30. The van der Waals surface area contributed by atoms with Crippen LogP contribution in [0.1, 0.15) is 37.3 Å². The Kier molecular flexibility index (Phi) is 5.47. The lowest BCUT2D eigenvalue weighted by molar-refractivity contribution is -0.0298. The number of ether oxygens (including phenoxy) is 2. The number of sulfone groups is 1. The molecular weight excluding hydrogens is 440 g/mol. The summed E-state index contributed by atoms with van der Waals surface area (Å²) in [6, 6.07) is 2.73. The molecule has 32 heavy (non-hydrogen) atoms. The van der Waals surface area contributed by atoms with Gasteiger partial charge < -0.3 is 19.7 Å². The Balaban J connectivity index is 1.90. The van der Waals surface area contributed by atoms with E-state index in [0.717, 1.165) is 0 Å². The van der Waals surface area contributed by atoms with E-state index in [1.54, 1.807) is 25.2 Å². The number of imidazole rings is 1. The lowest BCUT2D eigenvalue weighted by Gasteiger charge is -2.26. The molecule has 11 nitrogen and oxygen atoms in total. The lowest BCUT2D eigenvalue weighted by atomic mass is 10.2. The number of aliphatic hydroxyl groups is 1. The number of aromatic nitrogens is 4. The maximum atomic E-state index is 13.2. The van der Waals surface area contributed by atoms with Crippen LogP contribution in [0.4, 0.5) is 0 Å². The van der Waals surface area contributed by atoms with Gasteiger partial charge in [-0.2, -0.15) is 5.10 Å². The predicted molar refractivity (Wildman–Crippen MR) is 113 cm³/mol. The Hall–Kier alpha value is -2.96. The molecule has 0 atom stereocenters. The number of nitrogens with zero attached hydrogens (tertiary/aromatic N) is 4. The molecule has 2 N–H and O–H groups in total. The Bertz CT molecular complexity index is 1280. The Morgan fingerprint density at radius 3 is 2.59 bits per heavy atom. The van der Waals surface area contributed by atoms with Gasteiger partial charge in [0.25, 0.3) is 0 Å². The van der Waals surface area contributed by atoms with Crippen molar-refractivity contribution < 1.29 is 32.9 Å². The second-order valence-corrected chi connectivity index (χ2v) is 11.1. The summed E-state index contributed by atoms with van der Waals surface area (Å²) >= 11 is 0. The number of carboxylic acid groups (broad SMARTS) is 1. The molecule has 12 heteroatoms. The van der Waals surface area contributed by atoms with Crippen LogP contribution in [0.2, 0.25) is 0 Å². The zero-order valence-electron chi connectivity index (χ0n) is 17.8. The van der Waals surface area contributed by atoms with Gasteiger partial charge in [-0.25, -0.2) is 22.9 Å². The highest BCUT2D eigenvalue weighted by molar-refractivity contribution is 7.92. The van der Waals surface area contributed by atoms with E-state index < -0.39 is 20.6 Å². The summed E-state index contributed by atoms with van der Waals surface area (Å²) in [5, 5.41) is 23.1. The topological polar surface area (TPSA) is 145 Å². The van der Waals surface area contributed by atoms with E-state index in [1.807, 2.05) is 0 Å². The average Bonchev–Trinajstić information content (AvgIpc) is 3.27. The van der Waals surface area contributed by atoms with Crippen molar-refractivity contribution in [2.24, 2.45) is 0 Å². The van der Waals surface area contributed by atoms with Crippen molar-refractivity contribution >= 4 is 21.5 Å². The molecule has 0 radical (unpaired) electrons. The zero-order valence-corrected chi connectivity index (χ0v) is 18.7. The van der Waals surface area contributed by atoms with E-state index in [1.165, 1.54) is 29.2 Å². The Morgan fingerprint density at radius 1 is 1.31 bits per heavy atom. The predicted octanol–water partition coefficient (Wildman–Crippen LogP) is 1.41. The van der Waals surface area contributed by atoms with Crippen molar-refractivity contribution in [2.45, 2.75) is 36.5 Å². The van der Waals surface area contributed by atoms with E-state index >= 15 is 0 Å². The number of hydrogen-bond donors (Lipinski definition) is 2. The highest BCUT2D eigenvalue weighted by Crippen LogP contribution is 2.35. The number of rotatable bonds is 7. The summed E-state index contributed by atoms with van der Waals surface area (Å²) < 4.78 is 39.0. The summed E-state index contributed by atoms with van der Waals surface area (Å²) in [4.78, 5) is 16.0. The number of fused-ring (bicyclic) bond motifs is 1. The Morgan fingerprint density at radius 2 is 2.03 bits per heavy atom. The van der Waals surface area contributed by atoms with Gasteiger partial charge in [-0.15, -0.1) is 0 Å². The van der Waals surface area contributed by atoms with Crippen LogP contribution >= 0.6 is 0 Å². The van der Waals surface area contributed by atoms with Crippen LogP contribution in [0.5, 0.6) is 5.75 Å². The van der Waals surface area contributed by atoms with E-state index in [4.69, 9.17) is 14.6 Å². The molecule has 0 aliphatic carbocycles. The summed E-state index contributed by atoms with van der Waals surface area (Å²) in [7, 11) is -3.82. The van der Waals surface area contributed by atoms with Crippen LogP contribution in [-0.2, 0) is 14.6 Å². The van der Waals surface area contributed by atoms with Crippen molar-refractivity contribution in [1.82, 2.24) is 19.2 Å². The molecular formula is C20H24N4O7S. The monoisotopic (exact) mass is 464 g/mol. The minimum absolute atomic E-state index is 0.00804. The number of carboxylic acids is 1.